The summed E-state index contributed by atoms with van der Waals surface area (Å²) in [7, 11) is 2.96. The predicted octanol–water partition coefficient (Wildman–Crippen LogP) is 6.88. The van der Waals surface area contributed by atoms with Crippen LogP contribution in [0.15, 0.2) is 60.7 Å². The Kier molecular flexibility index (Phi) is 11.0. The monoisotopic (exact) mass is 562 g/mol. The third-order valence-corrected chi connectivity index (χ3v) is 5.88. The number of esters is 1. The largest absolute Gasteiger partial charge is 0.493 e. The lowest BCUT2D eigenvalue weighted by Gasteiger charge is -2.11. The average Bonchev–Trinajstić information content (AvgIpc) is 2.97. The Hall–Kier alpha value is -5.19. The van der Waals surface area contributed by atoms with Crippen LogP contribution in [0.4, 0.5) is 11.4 Å². The first kappa shape index (κ1) is 30.4. The summed E-state index contributed by atoms with van der Waals surface area (Å²) < 4.78 is 22.0. The van der Waals surface area contributed by atoms with Crippen LogP contribution in [0.1, 0.15) is 42.9 Å². The minimum absolute atomic E-state index is 0.175. The number of nitro groups is 2. The molecule has 11 nitrogen and oxygen atoms in total. The van der Waals surface area contributed by atoms with Gasteiger partial charge in [0.1, 0.15) is 0 Å². The topological polar surface area (TPSA) is 140 Å². The minimum Gasteiger partial charge on any atom is -0.493 e. The van der Waals surface area contributed by atoms with E-state index in [4.69, 9.17) is 18.9 Å². The number of hydrogen-bond acceptors (Lipinski definition) is 9. The van der Waals surface area contributed by atoms with Crippen molar-refractivity contribution in [1.82, 2.24) is 0 Å². The van der Waals surface area contributed by atoms with Crippen LogP contribution in [0.25, 0.3) is 18.2 Å². The van der Waals surface area contributed by atoms with Crippen molar-refractivity contribution in [2.75, 3.05) is 20.8 Å². The number of carbonyl (C=O) groups excluding carboxylic acids is 1. The summed E-state index contributed by atoms with van der Waals surface area (Å²) in [6, 6.07) is 13.5. The second-order valence-corrected chi connectivity index (χ2v) is 8.72. The highest BCUT2D eigenvalue weighted by Crippen LogP contribution is 2.31. The Morgan fingerprint density at radius 2 is 1.44 bits per heavy atom. The minimum atomic E-state index is -0.696. The van der Waals surface area contributed by atoms with Crippen LogP contribution in [-0.4, -0.2) is 36.6 Å². The Balaban J connectivity index is 1.69. The summed E-state index contributed by atoms with van der Waals surface area (Å²) in [6.45, 7) is 2.72. The molecule has 11 heteroatoms. The fraction of sp³-hybridized carbons (Fsp3) is 0.233. The van der Waals surface area contributed by atoms with E-state index < -0.39 is 21.5 Å². The van der Waals surface area contributed by atoms with Gasteiger partial charge in [-0.25, -0.2) is 4.79 Å². The van der Waals surface area contributed by atoms with Crippen LogP contribution in [0, 0.1) is 20.2 Å². The van der Waals surface area contributed by atoms with E-state index in [1.807, 2.05) is 0 Å². The highest BCUT2D eigenvalue weighted by Gasteiger charge is 2.18. The molecule has 0 spiro atoms. The molecule has 0 atom stereocenters. The van der Waals surface area contributed by atoms with Crippen molar-refractivity contribution in [2.45, 2.75) is 26.2 Å². The number of nitrogens with zero attached hydrogens (tertiary/aromatic N) is 2. The molecular weight excluding hydrogens is 532 g/mol. The number of non-ortho nitro benzene ring substituents is 1. The molecule has 0 unspecified atom stereocenters. The van der Waals surface area contributed by atoms with Crippen LogP contribution >= 0.6 is 0 Å². The average molecular weight is 563 g/mol. The number of rotatable bonds is 14. The van der Waals surface area contributed by atoms with Crippen molar-refractivity contribution in [3.63, 3.8) is 0 Å². The van der Waals surface area contributed by atoms with Gasteiger partial charge < -0.3 is 18.9 Å². The molecule has 0 saturated heterocycles. The van der Waals surface area contributed by atoms with E-state index in [2.05, 4.69) is 6.92 Å². The van der Waals surface area contributed by atoms with Crippen LogP contribution in [0.5, 0.6) is 23.0 Å². The molecule has 214 valence electrons. The molecule has 0 aliphatic rings. The quantitative estimate of drug-likeness (QED) is 0.0391. The van der Waals surface area contributed by atoms with Crippen molar-refractivity contribution in [1.29, 1.82) is 0 Å². The third kappa shape index (κ3) is 8.65. The summed E-state index contributed by atoms with van der Waals surface area (Å²) in [5.74, 6) is 0.992. The zero-order valence-electron chi connectivity index (χ0n) is 22.9. The highest BCUT2D eigenvalue weighted by molar-refractivity contribution is 5.89. The first-order valence-electron chi connectivity index (χ1n) is 12.8. The van der Waals surface area contributed by atoms with Gasteiger partial charge in [-0.2, -0.15) is 0 Å². The van der Waals surface area contributed by atoms with E-state index in [-0.39, 0.29) is 22.7 Å². The van der Waals surface area contributed by atoms with Gasteiger partial charge in [0, 0.05) is 12.1 Å². The number of methoxy groups -OCH3 is 2. The van der Waals surface area contributed by atoms with E-state index in [1.165, 1.54) is 37.5 Å². The fourth-order valence-corrected chi connectivity index (χ4v) is 3.75. The summed E-state index contributed by atoms with van der Waals surface area (Å²) in [6.07, 6.45) is 9.04. The molecule has 0 aliphatic heterocycles. The summed E-state index contributed by atoms with van der Waals surface area (Å²) in [5.41, 5.74) is 0.722. The maximum Gasteiger partial charge on any atom is 0.336 e. The molecule has 0 bridgehead atoms. The Morgan fingerprint density at radius 3 is 2.07 bits per heavy atom. The number of unbranched alkanes of at least 4 members (excludes halogenated alkanes) is 2. The molecule has 0 aliphatic carbocycles. The zero-order valence-corrected chi connectivity index (χ0v) is 22.9. The number of nitro benzene ring substituents is 2. The molecule has 3 rings (SSSR count). The summed E-state index contributed by atoms with van der Waals surface area (Å²) in [5, 5.41) is 22.3. The van der Waals surface area contributed by atoms with Crippen molar-refractivity contribution in [3.05, 3.63) is 97.6 Å². The van der Waals surface area contributed by atoms with E-state index >= 15 is 0 Å². The molecule has 3 aromatic rings. The first-order chi connectivity index (χ1) is 19.7. The van der Waals surface area contributed by atoms with Gasteiger partial charge in [-0.05, 0) is 60.0 Å². The van der Waals surface area contributed by atoms with Gasteiger partial charge in [-0.3, -0.25) is 20.2 Å². The van der Waals surface area contributed by atoms with E-state index in [9.17, 15) is 25.0 Å². The highest BCUT2D eigenvalue weighted by atomic mass is 16.6. The van der Waals surface area contributed by atoms with Crippen LogP contribution < -0.4 is 18.9 Å². The molecule has 0 N–H and O–H groups in total. The maximum absolute atomic E-state index is 12.5. The maximum atomic E-state index is 12.5. The summed E-state index contributed by atoms with van der Waals surface area (Å²) >= 11 is 0. The molecule has 0 saturated carbocycles. The van der Waals surface area contributed by atoms with E-state index in [0.717, 1.165) is 25.3 Å². The Labute approximate surface area is 236 Å². The van der Waals surface area contributed by atoms with Crippen LogP contribution in [-0.2, 0) is 4.79 Å². The molecule has 0 heterocycles. The molecule has 0 amide bonds. The molecule has 0 fully saturated rings. The molecule has 0 aromatic heterocycles. The Morgan fingerprint density at radius 1 is 0.780 bits per heavy atom. The number of hydrogen-bond donors (Lipinski definition) is 0. The number of carbonyl (C=O) groups is 1. The van der Waals surface area contributed by atoms with Gasteiger partial charge in [-0.1, -0.05) is 38.0 Å². The second kappa shape index (κ2) is 14.8. The Bertz CT molecular complexity index is 1460. The van der Waals surface area contributed by atoms with Crippen molar-refractivity contribution in [2.24, 2.45) is 0 Å². The predicted molar refractivity (Wildman–Crippen MR) is 154 cm³/mol. The van der Waals surface area contributed by atoms with Crippen molar-refractivity contribution in [3.8, 4) is 23.0 Å². The van der Waals surface area contributed by atoms with Gasteiger partial charge in [0.25, 0.3) is 11.4 Å². The standard InChI is InChI=1S/C30H30N2O9/c1-4-5-6-17-40-26-14-8-22(18-28(26)38-2)10-16-30(33)41-27-15-9-21(19-29(27)39-3)7-11-23-12-13-24(31(34)35)20-25(23)32(36)37/h7-16,18-20H,4-6,17H2,1-3H3/b11-7+,16-10+. The summed E-state index contributed by atoms with van der Waals surface area (Å²) in [4.78, 5) is 33.4. The van der Waals surface area contributed by atoms with Gasteiger partial charge >= 0.3 is 5.97 Å². The third-order valence-electron chi connectivity index (χ3n) is 5.88. The fourth-order valence-electron chi connectivity index (χ4n) is 3.75. The smallest absolute Gasteiger partial charge is 0.336 e. The second-order valence-electron chi connectivity index (χ2n) is 8.72. The molecule has 0 radical (unpaired) electrons. The van der Waals surface area contributed by atoms with Gasteiger partial charge in [-0.15, -0.1) is 0 Å². The van der Waals surface area contributed by atoms with Gasteiger partial charge in [0.05, 0.1) is 42.3 Å². The normalized spacial score (nSPS) is 11.0. The molecule has 41 heavy (non-hydrogen) atoms. The first-order valence-corrected chi connectivity index (χ1v) is 12.8. The van der Waals surface area contributed by atoms with E-state index in [0.29, 0.717) is 29.2 Å². The number of ether oxygens (including phenoxy) is 4. The van der Waals surface area contributed by atoms with Gasteiger partial charge in [0.15, 0.2) is 23.0 Å². The lowest BCUT2D eigenvalue weighted by Crippen LogP contribution is -2.05. The van der Waals surface area contributed by atoms with Crippen LogP contribution in [0.2, 0.25) is 0 Å². The van der Waals surface area contributed by atoms with Crippen molar-refractivity contribution >= 4 is 35.6 Å². The SMILES string of the molecule is CCCCCOc1ccc(/C=C/C(=O)Oc2ccc(/C=C/c3ccc([N+](=O)[O-])cc3[N+](=O)[O-])cc2OC)cc1OC. The van der Waals surface area contributed by atoms with E-state index in [1.54, 1.807) is 49.6 Å². The molecule has 3 aromatic carbocycles. The zero-order chi connectivity index (χ0) is 29.8. The number of benzene rings is 3. The lowest BCUT2D eigenvalue weighted by molar-refractivity contribution is -0.394. The molecular formula is C30H30N2O9. The van der Waals surface area contributed by atoms with Crippen molar-refractivity contribution < 1.29 is 33.6 Å². The lowest BCUT2D eigenvalue weighted by atomic mass is 10.1. The van der Waals surface area contributed by atoms with Gasteiger partial charge in [0.2, 0.25) is 0 Å². The van der Waals surface area contributed by atoms with Crippen LogP contribution in [0.3, 0.4) is 0 Å².